The number of hydrogen-bond donors (Lipinski definition) is 23. The molecular weight excluding hydrogens is 1590 g/mol. The van der Waals surface area contributed by atoms with Gasteiger partial charge in [-0.3, -0.25) is 72.5 Å². The molecule has 123 heavy (non-hydrogen) atoms. The van der Waals surface area contributed by atoms with Crippen LogP contribution in [-0.2, 0) is 106 Å². The van der Waals surface area contributed by atoms with Crippen LogP contribution in [0.25, 0.3) is 10.9 Å². The molecule has 39 nitrogen and oxygen atoms in total. The molecule has 4 heterocycles. The first-order chi connectivity index (χ1) is 59.0. The van der Waals surface area contributed by atoms with Crippen LogP contribution in [0.3, 0.4) is 0 Å². The standard InChI is InChI=1S/C84H110N22O17/c1-47(87)73(112)91-44-70(111)93-61-38-53-29-31-55(32-30-53)105-106-69(40-56-43-89-46-92-56)102-82(121)67(45-107)101-84(123)72(49(3)109)104-81(120)64(37-52-23-11-6-12-24-52)100-83(122)71(48(2)108)103-75(114)60(28-16-18-34-86)95-79(118)65(39-54-42-90-58-26-14-13-25-57(54)58)98-78(117)63(36-51-21-9-5-10-22-51)96-77(116)62(35-50-19-7-4-8-20-50)97-80(119)66(41-68(88)110)99-74(113)59(94-76(61)115)27-15-17-33-85/h4-14,19-26,29-32,42-43,46-49,59-67,71-72,90,105,107-109H,15-18,27-28,33-41,44-45,85-87H2,1-3H3,(H2,88,110)(H,89,92)(H,91,112)(H,93,111)(H,94,115)(H,95,118)(H,96,116)(H,97,119)(H,98,117)(H,99,113)(H,100,122)(H,101,123)(H,103,114)(H,104,120)(H,102,106,121)/t47-,48+,49+,59-,60-,61-,62-,63-,64-,65-,66-,67-,71-,72-/m0/s1. The fourth-order valence-corrected chi connectivity index (χ4v) is 13.3. The number of anilines is 1. The van der Waals surface area contributed by atoms with E-state index in [0.717, 1.165) is 6.92 Å². The lowest BCUT2D eigenvalue weighted by Gasteiger charge is -2.29. The van der Waals surface area contributed by atoms with Gasteiger partial charge in [0.1, 0.15) is 72.3 Å². The van der Waals surface area contributed by atoms with Crippen LogP contribution in [0, 0.1) is 0 Å². The van der Waals surface area contributed by atoms with Crippen molar-refractivity contribution in [3.63, 3.8) is 0 Å². The first-order valence-corrected chi connectivity index (χ1v) is 40.4. The van der Waals surface area contributed by atoms with Crippen LogP contribution in [-0.4, -0.2) is 230 Å². The number of para-hydroxylation sites is 1. The van der Waals surface area contributed by atoms with Crippen molar-refractivity contribution >= 4 is 105 Å². The Morgan fingerprint density at radius 2 is 0.935 bits per heavy atom. The molecule has 2 aromatic heterocycles. The Balaban J connectivity index is 1.21. The van der Waals surface area contributed by atoms with Crippen molar-refractivity contribution in [2.24, 2.45) is 28.0 Å². The number of rotatable bonds is 27. The maximum Gasteiger partial charge on any atom is 0.250 e. The number of nitrogens with two attached hydrogens (primary N) is 4. The molecule has 2 aliphatic heterocycles. The van der Waals surface area contributed by atoms with Gasteiger partial charge in [0.2, 0.25) is 82.7 Å². The Morgan fingerprint density at radius 1 is 0.496 bits per heavy atom. The number of fused-ring (bicyclic) bond motifs is 38. The minimum atomic E-state index is -1.91. The summed E-state index contributed by atoms with van der Waals surface area (Å²) in [6, 6.07) is 18.4. The number of benzene rings is 5. The molecule has 9 rings (SSSR count). The van der Waals surface area contributed by atoms with E-state index < -0.39 is 187 Å². The highest BCUT2D eigenvalue weighted by molar-refractivity contribution is 6.04. The normalized spacial score (nSPS) is 22.6. The van der Waals surface area contributed by atoms with Gasteiger partial charge >= 0.3 is 0 Å². The summed E-state index contributed by atoms with van der Waals surface area (Å²) in [4.78, 5) is 213. The molecule has 14 amide bonds. The van der Waals surface area contributed by atoms with Crippen LogP contribution in [0.4, 0.5) is 5.69 Å². The molecule has 0 saturated carbocycles. The number of primary amides is 1. The highest BCUT2D eigenvalue weighted by atomic mass is 16.3. The number of aromatic amines is 2. The number of H-pyrrole nitrogens is 2. The second-order valence-corrected chi connectivity index (χ2v) is 29.9. The maximum absolute atomic E-state index is 15.5. The van der Waals surface area contributed by atoms with E-state index in [-0.39, 0.29) is 88.8 Å². The number of imidazole rings is 1. The topological polar surface area (TPSA) is 629 Å². The molecule has 7 aromatic rings. The second kappa shape index (κ2) is 48.2. The van der Waals surface area contributed by atoms with Gasteiger partial charge in [0.05, 0.1) is 49.8 Å². The summed E-state index contributed by atoms with van der Waals surface area (Å²) in [5.74, 6) is -14.4. The van der Waals surface area contributed by atoms with E-state index in [9.17, 15) is 68.1 Å². The van der Waals surface area contributed by atoms with Gasteiger partial charge in [0, 0.05) is 67.5 Å². The number of aliphatic hydroxyl groups is 3. The van der Waals surface area contributed by atoms with Crippen molar-refractivity contribution < 1.29 is 82.4 Å². The Morgan fingerprint density at radius 3 is 1.41 bits per heavy atom. The number of amides is 14. The number of nitrogens with zero attached hydrogens (tertiary/aromatic N) is 2. The lowest BCUT2D eigenvalue weighted by atomic mass is 10.00. The third-order valence-corrected chi connectivity index (χ3v) is 20.0. The number of amidine groups is 1. The highest BCUT2D eigenvalue weighted by Gasteiger charge is 2.40. The van der Waals surface area contributed by atoms with E-state index in [0.29, 0.717) is 57.3 Å². The monoisotopic (exact) mass is 1700 g/mol. The van der Waals surface area contributed by atoms with Crippen LogP contribution in [0.2, 0.25) is 0 Å². The summed E-state index contributed by atoms with van der Waals surface area (Å²) >= 11 is 0. The third-order valence-electron chi connectivity index (χ3n) is 20.0. The number of hydrogen-bond acceptors (Lipinski definition) is 23. The summed E-state index contributed by atoms with van der Waals surface area (Å²) < 4.78 is 0. The molecule has 658 valence electrons. The van der Waals surface area contributed by atoms with E-state index >= 15 is 14.4 Å². The van der Waals surface area contributed by atoms with Crippen LogP contribution in [0.5, 0.6) is 0 Å². The fourth-order valence-electron chi connectivity index (χ4n) is 13.3. The molecule has 0 radical (unpaired) electrons. The summed E-state index contributed by atoms with van der Waals surface area (Å²) in [7, 11) is 0. The first-order valence-electron chi connectivity index (χ1n) is 40.4. The van der Waals surface area contributed by atoms with Crippen molar-refractivity contribution in [1.29, 1.82) is 0 Å². The lowest BCUT2D eigenvalue weighted by molar-refractivity contribution is -0.138. The molecule has 39 heteroatoms. The average molecular weight is 1700 g/mol. The van der Waals surface area contributed by atoms with Crippen LogP contribution >= 0.6 is 0 Å². The van der Waals surface area contributed by atoms with Crippen molar-refractivity contribution in [2.75, 3.05) is 31.7 Å². The smallest absolute Gasteiger partial charge is 0.250 e. The zero-order valence-corrected chi connectivity index (χ0v) is 68.4. The Bertz CT molecular complexity index is 4750. The number of nitrogens with one attached hydrogen (secondary N) is 16. The van der Waals surface area contributed by atoms with Crippen LogP contribution in [0.15, 0.2) is 163 Å². The molecule has 0 aliphatic carbocycles. The van der Waals surface area contributed by atoms with E-state index in [2.05, 4.69) is 94.6 Å². The zero-order valence-electron chi connectivity index (χ0n) is 68.4. The Kier molecular flexibility index (Phi) is 37.3. The molecule has 27 N–H and O–H groups in total. The number of carbonyl (C=O) groups is 14. The predicted octanol–water partition coefficient (Wildman–Crippen LogP) is -3.81. The number of aromatic nitrogens is 3. The fraction of sp³-hybridized carbons (Fsp3) is 0.405. The molecule has 5 aromatic carbocycles. The minimum absolute atomic E-state index is 0.134. The molecule has 0 spiro atoms. The molecule has 0 saturated heterocycles. The van der Waals surface area contributed by atoms with E-state index in [1.165, 1.54) is 50.6 Å². The van der Waals surface area contributed by atoms with E-state index in [1.807, 2.05) is 0 Å². The molecule has 0 unspecified atom stereocenters. The van der Waals surface area contributed by atoms with Gasteiger partial charge in [0.15, 0.2) is 0 Å². The SMILES string of the molecule is C[C@H](N)C(=O)NCC(=O)N[C@H]1Cc2ccc(cc2)N/N=C(/Cc2cnc[nH]2)NC(=O)[C@H](CO)NC(=O)[C@H]([C@@H](C)O)NC(=O)[C@H](Cc2ccccc2)NC(=O)[C@H]([C@@H](C)O)NC(=O)[C@H](CCCCN)NC(=O)[C@H](Cc2c[nH]c3ccccc23)NC(=O)[C@H](Cc2ccccc2)NC(=O)[C@H](Cc2ccccc2)NC(=O)[C@H](CC(N)=O)NC(=O)[C@H](CCCCN)NC1=O. The molecule has 0 fully saturated rings. The van der Waals surface area contributed by atoms with E-state index in [4.69, 9.17) is 22.9 Å². The van der Waals surface area contributed by atoms with Crippen molar-refractivity contribution in [3.05, 3.63) is 192 Å². The Hall–Kier alpha value is -13.3. The molecular formula is C84H110N22O17. The molecule has 14 atom stereocenters. The number of unbranched alkanes of at least 4 members (excludes halogenated alkanes) is 2. The highest BCUT2D eigenvalue weighted by Crippen LogP contribution is 2.21. The second-order valence-electron chi connectivity index (χ2n) is 29.9. The van der Waals surface area contributed by atoms with E-state index in [1.54, 1.807) is 121 Å². The van der Waals surface area contributed by atoms with Gasteiger partial charge in [0.25, 0.3) is 0 Å². The summed E-state index contributed by atoms with van der Waals surface area (Å²) in [6.07, 6.45) is -0.831. The van der Waals surface area contributed by atoms with Crippen molar-refractivity contribution in [1.82, 2.24) is 84.1 Å². The Labute approximate surface area is 708 Å². The van der Waals surface area contributed by atoms with Crippen molar-refractivity contribution in [3.8, 4) is 0 Å². The third kappa shape index (κ3) is 30.4. The predicted molar refractivity (Wildman–Crippen MR) is 452 cm³/mol. The number of carbonyl (C=O) groups excluding carboxylic acids is 14. The summed E-state index contributed by atoms with van der Waals surface area (Å²) in [5.41, 5.74) is 29.8. The van der Waals surface area contributed by atoms with Gasteiger partial charge in [-0.05, 0) is 118 Å². The maximum atomic E-state index is 15.5. The molecule has 2 bridgehead atoms. The average Bonchev–Trinajstić information content (AvgIpc) is 1.63. The van der Waals surface area contributed by atoms with Crippen LogP contribution < -0.4 is 97.5 Å². The summed E-state index contributed by atoms with van der Waals surface area (Å²) in [5, 5.41) is 71.8. The first kappa shape index (κ1) is 95.1. The lowest BCUT2D eigenvalue weighted by Crippen LogP contribution is -2.63. The minimum Gasteiger partial charge on any atom is -0.394 e. The van der Waals surface area contributed by atoms with Gasteiger partial charge < -0.3 is 117 Å². The number of aliphatic hydroxyl groups excluding tert-OH is 3. The zero-order chi connectivity index (χ0) is 89.1. The van der Waals surface area contributed by atoms with Crippen LogP contribution in [0.1, 0.15) is 99.2 Å². The summed E-state index contributed by atoms with van der Waals surface area (Å²) in [6.45, 7) is 2.25. The number of hydrazone groups is 1. The largest absolute Gasteiger partial charge is 0.394 e. The van der Waals surface area contributed by atoms with Gasteiger partial charge in [-0.25, -0.2) is 4.98 Å². The van der Waals surface area contributed by atoms with Gasteiger partial charge in [-0.2, -0.15) is 5.10 Å². The molecule has 2 aliphatic rings. The quantitative estimate of drug-likeness (QED) is 0.0173. The van der Waals surface area contributed by atoms with Gasteiger partial charge in [-0.15, -0.1) is 0 Å². The van der Waals surface area contributed by atoms with Crippen molar-refractivity contribution in [2.45, 2.75) is 189 Å². The van der Waals surface area contributed by atoms with Gasteiger partial charge in [-0.1, -0.05) is 121 Å².